The van der Waals surface area contributed by atoms with E-state index in [1.165, 1.54) is 36.9 Å². The van der Waals surface area contributed by atoms with Gasteiger partial charge in [0.2, 0.25) is 10.0 Å². The van der Waals surface area contributed by atoms with E-state index >= 15 is 0 Å². The van der Waals surface area contributed by atoms with Crippen LogP contribution in [0.3, 0.4) is 0 Å². The van der Waals surface area contributed by atoms with Crippen LogP contribution in [0.15, 0.2) is 48.6 Å². The van der Waals surface area contributed by atoms with E-state index in [1.807, 2.05) is 32.2 Å². The Bertz CT molecular complexity index is 1840. The summed E-state index contributed by atoms with van der Waals surface area (Å²) < 4.78 is 43.2. The first-order valence-electron chi connectivity index (χ1n) is 20.1. The zero-order chi connectivity index (χ0) is 37.0. The average molecular weight is 765 g/mol. The van der Waals surface area contributed by atoms with E-state index in [1.54, 1.807) is 13.0 Å². The lowest BCUT2D eigenvalue weighted by molar-refractivity contribution is -0.100. The molecular weight excluding hydrogens is 708 g/mol. The number of carbonyl (C=O) groups is 1. The topological polar surface area (TPSA) is 91.4 Å². The minimum atomic E-state index is -3.95. The van der Waals surface area contributed by atoms with Gasteiger partial charge in [-0.15, -0.1) is 0 Å². The molecular formula is C42H57ClN4O5S. The van der Waals surface area contributed by atoms with Gasteiger partial charge in [0.1, 0.15) is 11.4 Å². The fourth-order valence-corrected chi connectivity index (χ4v) is 12.0. The van der Waals surface area contributed by atoms with E-state index in [-0.39, 0.29) is 17.3 Å². The third-order valence-electron chi connectivity index (χ3n) is 14.0. The molecule has 2 bridgehead atoms. The van der Waals surface area contributed by atoms with Crippen molar-refractivity contribution in [3.8, 4) is 5.75 Å². The number of hydrogen-bond donors (Lipinski definition) is 1. The van der Waals surface area contributed by atoms with Crippen molar-refractivity contribution in [3.05, 3.63) is 70.3 Å². The van der Waals surface area contributed by atoms with Gasteiger partial charge in [-0.3, -0.25) is 14.6 Å². The van der Waals surface area contributed by atoms with Gasteiger partial charge in [0, 0.05) is 68.4 Å². The molecule has 2 saturated heterocycles. The molecule has 0 radical (unpaired) electrons. The molecule has 3 fully saturated rings. The van der Waals surface area contributed by atoms with Crippen LogP contribution in [0.2, 0.25) is 5.02 Å². The van der Waals surface area contributed by atoms with E-state index in [0.717, 1.165) is 87.8 Å². The number of halogens is 1. The molecule has 2 aromatic carbocycles. The Morgan fingerprint density at radius 3 is 2.70 bits per heavy atom. The maximum atomic E-state index is 13.7. The van der Waals surface area contributed by atoms with Crippen molar-refractivity contribution in [1.29, 1.82) is 0 Å². The first kappa shape index (κ1) is 37.3. The van der Waals surface area contributed by atoms with Crippen molar-refractivity contribution in [1.82, 2.24) is 14.5 Å². The molecule has 1 amide bonds. The summed E-state index contributed by atoms with van der Waals surface area (Å²) >= 11 is 6.51. The number of rotatable bonds is 3. The normalized spacial score (nSPS) is 35.4. The number of anilines is 1. The second kappa shape index (κ2) is 14.8. The third kappa shape index (κ3) is 7.16. The molecule has 6 aliphatic rings. The van der Waals surface area contributed by atoms with Crippen LogP contribution in [0.25, 0.3) is 0 Å². The molecule has 1 saturated carbocycles. The highest BCUT2D eigenvalue weighted by molar-refractivity contribution is 7.90. The Morgan fingerprint density at radius 1 is 1.02 bits per heavy atom. The second-order valence-electron chi connectivity index (χ2n) is 17.1. The molecule has 4 aliphatic heterocycles. The molecule has 0 aromatic heterocycles. The molecule has 8 rings (SSSR count). The molecule has 1 spiro atoms. The molecule has 7 atom stereocenters. The Kier molecular flexibility index (Phi) is 10.4. The van der Waals surface area contributed by atoms with Crippen LogP contribution < -0.4 is 14.4 Å². The number of amides is 1. The number of aryl methyl sites for hydroxylation is 1. The van der Waals surface area contributed by atoms with Crippen LogP contribution >= 0.6 is 11.6 Å². The van der Waals surface area contributed by atoms with Crippen molar-refractivity contribution < 1.29 is 22.7 Å². The molecule has 1 N–H and O–H groups in total. The summed E-state index contributed by atoms with van der Waals surface area (Å²) in [5.41, 5.74) is 2.97. The van der Waals surface area contributed by atoms with Gasteiger partial charge < -0.3 is 14.4 Å². The fourth-order valence-electron chi connectivity index (χ4n) is 10.5. The number of piperazine rings is 1. The number of fused-ring (bicyclic) bond motifs is 5. The Hall–Kier alpha value is -2.63. The molecule has 11 heteroatoms. The average Bonchev–Trinajstić information content (AvgIpc) is 3.28. The second-order valence-corrected chi connectivity index (χ2v) is 19.6. The van der Waals surface area contributed by atoms with Crippen molar-refractivity contribution in [2.75, 3.05) is 64.4 Å². The maximum absolute atomic E-state index is 13.7. The fraction of sp³-hybridized carbons (Fsp3) is 0.643. The number of methoxy groups -OCH3 is 1. The predicted molar refractivity (Wildman–Crippen MR) is 211 cm³/mol. The Balaban J connectivity index is 1.19. The van der Waals surface area contributed by atoms with Crippen molar-refractivity contribution >= 4 is 33.2 Å². The summed E-state index contributed by atoms with van der Waals surface area (Å²) in [5.74, 6) is 0.551. The van der Waals surface area contributed by atoms with Crippen molar-refractivity contribution in [2.24, 2.45) is 17.8 Å². The maximum Gasteiger partial charge on any atom is 0.264 e. The highest BCUT2D eigenvalue weighted by Gasteiger charge is 2.50. The van der Waals surface area contributed by atoms with Gasteiger partial charge in [0.05, 0.1) is 17.5 Å². The summed E-state index contributed by atoms with van der Waals surface area (Å²) in [6, 6.07) is 12.3. The van der Waals surface area contributed by atoms with Crippen molar-refractivity contribution in [3.63, 3.8) is 0 Å². The monoisotopic (exact) mass is 764 g/mol. The minimum Gasteiger partial charge on any atom is -0.490 e. The van der Waals surface area contributed by atoms with Gasteiger partial charge in [0.15, 0.2) is 0 Å². The highest BCUT2D eigenvalue weighted by Crippen LogP contribution is 2.49. The van der Waals surface area contributed by atoms with E-state index < -0.39 is 26.8 Å². The third-order valence-corrected chi connectivity index (χ3v) is 16.2. The quantitative estimate of drug-likeness (QED) is 0.358. The number of piperidine rings is 1. The summed E-state index contributed by atoms with van der Waals surface area (Å²) in [6.45, 7) is 10.9. The number of ether oxygens (including phenoxy) is 2. The van der Waals surface area contributed by atoms with E-state index in [0.29, 0.717) is 30.6 Å². The van der Waals surface area contributed by atoms with Crippen LogP contribution in [0.5, 0.6) is 5.75 Å². The molecule has 2 aliphatic carbocycles. The van der Waals surface area contributed by atoms with Gasteiger partial charge in [0.25, 0.3) is 5.91 Å². The number of nitrogens with one attached hydrogen (secondary N) is 1. The van der Waals surface area contributed by atoms with Gasteiger partial charge in [-0.2, -0.15) is 0 Å². The van der Waals surface area contributed by atoms with Crippen LogP contribution in [0.1, 0.15) is 86.7 Å². The smallest absolute Gasteiger partial charge is 0.264 e. The van der Waals surface area contributed by atoms with Gasteiger partial charge in [-0.25, -0.2) is 13.1 Å². The number of carbonyl (C=O) groups excluding carboxylic acids is 1. The number of hydrogen-bond acceptors (Lipinski definition) is 8. The van der Waals surface area contributed by atoms with Crippen LogP contribution in [-0.2, 0) is 26.6 Å². The summed E-state index contributed by atoms with van der Waals surface area (Å²) in [7, 11) is -2.07. The summed E-state index contributed by atoms with van der Waals surface area (Å²) in [4.78, 5) is 21.4. The lowest BCUT2D eigenvalue weighted by Crippen LogP contribution is -2.61. The number of nitrogens with zero attached hydrogens (tertiary/aromatic N) is 3. The van der Waals surface area contributed by atoms with Gasteiger partial charge >= 0.3 is 0 Å². The van der Waals surface area contributed by atoms with Gasteiger partial charge in [-0.1, -0.05) is 43.2 Å². The first-order valence-corrected chi connectivity index (χ1v) is 22.0. The lowest BCUT2D eigenvalue weighted by atomic mass is 9.63. The molecule has 0 unspecified atom stereocenters. The summed E-state index contributed by atoms with van der Waals surface area (Å²) in [6.07, 6.45) is 14.1. The number of benzene rings is 2. The Labute approximate surface area is 321 Å². The first-order chi connectivity index (χ1) is 25.5. The zero-order valence-corrected chi connectivity index (χ0v) is 33.3. The molecule has 4 heterocycles. The van der Waals surface area contributed by atoms with Crippen LogP contribution in [0.4, 0.5) is 5.69 Å². The molecule has 9 nitrogen and oxygen atoms in total. The SMILES string of the molecule is CO[C@@]1(CN2CCN3CCCC[C@@H]3C2)/C=C/C[C@H](C)[C@@H](C)S(=O)(=O)NC(=O)c2ccc3c(c2)N(C[C@@H]2CC[C@H]21)C[C@@]1(CCCc2cc(Cl)ccc21)CO3. The van der Waals surface area contributed by atoms with Crippen LogP contribution in [0, 0.1) is 17.8 Å². The lowest BCUT2D eigenvalue weighted by Gasteiger charge is -2.53. The largest absolute Gasteiger partial charge is 0.490 e. The Morgan fingerprint density at radius 2 is 1.89 bits per heavy atom. The van der Waals surface area contributed by atoms with Crippen molar-refractivity contribution in [2.45, 2.75) is 93.9 Å². The van der Waals surface area contributed by atoms with E-state index in [2.05, 4.69) is 43.7 Å². The minimum absolute atomic E-state index is 0.206. The number of sulfonamides is 1. The van der Waals surface area contributed by atoms with Crippen LogP contribution in [-0.4, -0.2) is 101 Å². The molecule has 2 aromatic rings. The number of allylic oxidation sites excluding steroid dienone is 1. The van der Waals surface area contributed by atoms with E-state index in [9.17, 15) is 13.2 Å². The van der Waals surface area contributed by atoms with Gasteiger partial charge in [-0.05, 0) is 124 Å². The van der Waals surface area contributed by atoms with E-state index in [4.69, 9.17) is 21.1 Å². The standard InChI is InChI=1S/C42H57ClN4O5S/c1-29-8-6-18-42(51-3,27-45-20-21-46-19-5-4-10-35(46)25-45)37-14-11-33(37)24-47-26-41(17-7-9-31-22-34(43)13-15-36(31)41)28-52-39-16-12-32(23-38(39)47)40(48)44-53(49,50)30(29)2/h6,12-13,15-16,18,22-23,29-30,33,35,37H,4-5,7-11,14,17,19-21,24-28H2,1-3H3,(H,44,48)/b18-6+/t29-,30+,33-,35+,37+,41-,42+/m0/s1. The predicted octanol–water partition coefficient (Wildman–Crippen LogP) is 6.44. The molecule has 53 heavy (non-hydrogen) atoms. The summed E-state index contributed by atoms with van der Waals surface area (Å²) in [5, 5.41) is -0.0127. The zero-order valence-electron chi connectivity index (χ0n) is 31.7. The molecule has 288 valence electrons. The highest BCUT2D eigenvalue weighted by atomic mass is 35.5.